The first kappa shape index (κ1) is 17.3. The number of carbonyl (C=O) groups is 1. The second kappa shape index (κ2) is 7.47. The van der Waals surface area contributed by atoms with E-state index in [0.717, 1.165) is 17.3 Å². The van der Waals surface area contributed by atoms with Crippen molar-refractivity contribution in [2.24, 2.45) is 0 Å². The number of halogens is 2. The largest absolute Gasteiger partial charge is 0.479 e. The van der Waals surface area contributed by atoms with Gasteiger partial charge in [-0.25, -0.2) is 4.39 Å². The molecule has 1 unspecified atom stereocenters. The number of rotatable bonds is 5. The Morgan fingerprint density at radius 2 is 1.87 bits per heavy atom. The summed E-state index contributed by atoms with van der Waals surface area (Å²) in [6, 6.07) is 11.4. The maximum absolute atomic E-state index is 13.0. The molecule has 1 N–H and O–H groups in total. The van der Waals surface area contributed by atoms with Crippen LogP contribution >= 0.6 is 11.6 Å². The summed E-state index contributed by atoms with van der Waals surface area (Å²) in [6.45, 7) is 5.74. The average molecular weight is 336 g/mol. The molecule has 0 bridgehead atoms. The fourth-order valence-corrected chi connectivity index (χ4v) is 2.38. The number of hydrogen-bond donors (Lipinski definition) is 1. The molecule has 0 saturated heterocycles. The number of anilines is 1. The number of nitrogens with one attached hydrogen (secondary N) is 1. The van der Waals surface area contributed by atoms with Gasteiger partial charge in [-0.1, -0.05) is 43.6 Å². The molecule has 0 aliphatic rings. The zero-order chi connectivity index (χ0) is 17.0. The number of benzene rings is 2. The minimum atomic E-state index is -0.766. The fourth-order valence-electron chi connectivity index (χ4n) is 2.16. The molecule has 5 heteroatoms. The van der Waals surface area contributed by atoms with Crippen molar-refractivity contribution in [3.63, 3.8) is 0 Å². The average Bonchev–Trinajstić information content (AvgIpc) is 2.50. The minimum absolute atomic E-state index is 0.132. The van der Waals surface area contributed by atoms with Crippen molar-refractivity contribution in [2.75, 3.05) is 5.32 Å². The van der Waals surface area contributed by atoms with Gasteiger partial charge in [-0.05, 0) is 42.7 Å². The summed E-state index contributed by atoms with van der Waals surface area (Å²) < 4.78 is 18.6. The standard InChI is InChI=1S/C18H19ClFNO2/c1-11(2)14-6-4-5-7-16(14)21-18(22)12(3)23-17-9-8-13(20)10-15(17)19/h4-12H,1-3H3,(H,21,22). The molecule has 0 aliphatic heterocycles. The van der Waals surface area contributed by atoms with Gasteiger partial charge in [-0.2, -0.15) is 0 Å². The van der Waals surface area contributed by atoms with Crippen LogP contribution in [0.15, 0.2) is 42.5 Å². The van der Waals surface area contributed by atoms with Crippen LogP contribution in [-0.2, 0) is 4.79 Å². The van der Waals surface area contributed by atoms with Crippen LogP contribution in [0.25, 0.3) is 0 Å². The predicted molar refractivity (Wildman–Crippen MR) is 90.7 cm³/mol. The maximum Gasteiger partial charge on any atom is 0.265 e. The summed E-state index contributed by atoms with van der Waals surface area (Å²) >= 11 is 5.91. The van der Waals surface area contributed by atoms with Crippen LogP contribution in [0.2, 0.25) is 5.02 Å². The lowest BCUT2D eigenvalue weighted by Gasteiger charge is -2.18. The molecule has 1 amide bonds. The van der Waals surface area contributed by atoms with Crippen LogP contribution in [0.5, 0.6) is 5.75 Å². The summed E-state index contributed by atoms with van der Waals surface area (Å²) in [7, 11) is 0. The molecular formula is C18H19ClFNO2. The van der Waals surface area contributed by atoms with Gasteiger partial charge in [0, 0.05) is 5.69 Å². The molecule has 23 heavy (non-hydrogen) atoms. The summed E-state index contributed by atoms with van der Waals surface area (Å²) in [5, 5.41) is 2.99. The lowest BCUT2D eigenvalue weighted by Crippen LogP contribution is -2.30. The van der Waals surface area contributed by atoms with Crippen LogP contribution in [0.3, 0.4) is 0 Å². The van der Waals surface area contributed by atoms with E-state index in [1.165, 1.54) is 12.1 Å². The summed E-state index contributed by atoms with van der Waals surface area (Å²) in [4.78, 5) is 12.3. The Morgan fingerprint density at radius 1 is 1.17 bits per heavy atom. The summed E-state index contributed by atoms with van der Waals surface area (Å²) in [5.41, 5.74) is 1.81. The van der Waals surface area contributed by atoms with Gasteiger partial charge < -0.3 is 10.1 Å². The topological polar surface area (TPSA) is 38.3 Å². The normalized spacial score (nSPS) is 12.1. The Hall–Kier alpha value is -2.07. The first-order valence-electron chi connectivity index (χ1n) is 7.40. The smallest absolute Gasteiger partial charge is 0.265 e. The molecular weight excluding hydrogens is 317 g/mol. The highest BCUT2D eigenvalue weighted by molar-refractivity contribution is 6.32. The molecule has 0 radical (unpaired) electrons. The molecule has 0 heterocycles. The van der Waals surface area contributed by atoms with Crippen molar-refractivity contribution in [1.82, 2.24) is 0 Å². The Kier molecular flexibility index (Phi) is 5.61. The molecule has 2 aromatic rings. The second-order valence-corrected chi connectivity index (χ2v) is 5.97. The van der Waals surface area contributed by atoms with Crippen molar-refractivity contribution in [3.8, 4) is 5.75 Å². The van der Waals surface area contributed by atoms with Crippen molar-refractivity contribution < 1.29 is 13.9 Å². The second-order valence-electron chi connectivity index (χ2n) is 5.57. The predicted octanol–water partition coefficient (Wildman–Crippen LogP) is 5.01. The minimum Gasteiger partial charge on any atom is -0.479 e. The van der Waals surface area contributed by atoms with Gasteiger partial charge in [0.2, 0.25) is 0 Å². The van der Waals surface area contributed by atoms with E-state index in [9.17, 15) is 9.18 Å². The lowest BCUT2D eigenvalue weighted by molar-refractivity contribution is -0.122. The van der Waals surface area contributed by atoms with Crippen molar-refractivity contribution >= 4 is 23.2 Å². The van der Waals surface area contributed by atoms with E-state index >= 15 is 0 Å². The van der Waals surface area contributed by atoms with Crippen LogP contribution in [-0.4, -0.2) is 12.0 Å². The van der Waals surface area contributed by atoms with Gasteiger partial charge in [0.1, 0.15) is 11.6 Å². The number of ether oxygens (including phenoxy) is 1. The summed E-state index contributed by atoms with van der Waals surface area (Å²) in [5.74, 6) is -0.189. The molecule has 3 nitrogen and oxygen atoms in total. The molecule has 122 valence electrons. The van der Waals surface area contributed by atoms with E-state index < -0.39 is 11.9 Å². The zero-order valence-corrected chi connectivity index (χ0v) is 14.0. The molecule has 2 rings (SSSR count). The molecule has 2 aromatic carbocycles. The van der Waals surface area contributed by atoms with Gasteiger partial charge in [-0.3, -0.25) is 4.79 Å². The highest BCUT2D eigenvalue weighted by atomic mass is 35.5. The van der Waals surface area contributed by atoms with Crippen LogP contribution in [0.4, 0.5) is 10.1 Å². The molecule has 0 spiro atoms. The van der Waals surface area contributed by atoms with E-state index in [-0.39, 0.29) is 22.6 Å². The Balaban J connectivity index is 2.09. The van der Waals surface area contributed by atoms with E-state index in [0.29, 0.717) is 0 Å². The van der Waals surface area contributed by atoms with E-state index in [1.54, 1.807) is 6.92 Å². The fraction of sp³-hybridized carbons (Fsp3) is 0.278. The van der Waals surface area contributed by atoms with Gasteiger partial charge >= 0.3 is 0 Å². The van der Waals surface area contributed by atoms with Crippen molar-refractivity contribution in [2.45, 2.75) is 32.8 Å². The van der Waals surface area contributed by atoms with E-state index in [1.807, 2.05) is 24.3 Å². The Labute approximate surface area is 140 Å². The highest BCUT2D eigenvalue weighted by Crippen LogP contribution is 2.27. The molecule has 0 aromatic heterocycles. The maximum atomic E-state index is 13.0. The van der Waals surface area contributed by atoms with Crippen LogP contribution in [0, 0.1) is 5.82 Å². The quantitative estimate of drug-likeness (QED) is 0.834. The third-order valence-electron chi connectivity index (χ3n) is 3.41. The van der Waals surface area contributed by atoms with Crippen LogP contribution in [0.1, 0.15) is 32.3 Å². The SMILES string of the molecule is CC(Oc1ccc(F)cc1Cl)C(=O)Nc1ccccc1C(C)C. The number of para-hydroxylation sites is 1. The molecule has 1 atom stereocenters. The third-order valence-corrected chi connectivity index (χ3v) is 3.70. The molecule has 0 aliphatic carbocycles. The third kappa shape index (κ3) is 4.45. The number of amides is 1. The Morgan fingerprint density at radius 3 is 2.52 bits per heavy atom. The van der Waals surface area contributed by atoms with E-state index in [4.69, 9.17) is 16.3 Å². The lowest BCUT2D eigenvalue weighted by atomic mass is 10.0. The van der Waals surface area contributed by atoms with Gasteiger partial charge in [0.15, 0.2) is 6.10 Å². The van der Waals surface area contributed by atoms with Crippen LogP contribution < -0.4 is 10.1 Å². The molecule has 0 saturated carbocycles. The van der Waals surface area contributed by atoms with Crippen molar-refractivity contribution in [3.05, 3.63) is 58.9 Å². The van der Waals surface area contributed by atoms with Crippen molar-refractivity contribution in [1.29, 1.82) is 0 Å². The number of hydrogen-bond acceptors (Lipinski definition) is 2. The molecule has 0 fully saturated rings. The monoisotopic (exact) mass is 335 g/mol. The first-order chi connectivity index (χ1) is 10.9. The zero-order valence-electron chi connectivity index (χ0n) is 13.3. The van der Waals surface area contributed by atoms with Gasteiger partial charge in [0.05, 0.1) is 5.02 Å². The summed E-state index contributed by atoms with van der Waals surface area (Å²) in [6.07, 6.45) is -0.766. The number of carbonyl (C=O) groups excluding carboxylic acids is 1. The first-order valence-corrected chi connectivity index (χ1v) is 7.77. The van der Waals surface area contributed by atoms with E-state index in [2.05, 4.69) is 19.2 Å². The van der Waals surface area contributed by atoms with Gasteiger partial charge in [0.25, 0.3) is 5.91 Å². The van der Waals surface area contributed by atoms with Gasteiger partial charge in [-0.15, -0.1) is 0 Å². The highest BCUT2D eigenvalue weighted by Gasteiger charge is 2.18. The Bertz CT molecular complexity index is 703.